The third kappa shape index (κ3) is 10.9. The highest BCUT2D eigenvalue weighted by molar-refractivity contribution is 4.76. The maximum absolute atomic E-state index is 8.55. The van der Waals surface area contributed by atoms with Crippen molar-refractivity contribution in [3.05, 3.63) is 0 Å². The summed E-state index contributed by atoms with van der Waals surface area (Å²) in [6, 6.07) is 6.35. The molecule has 5 heteroatoms. The molecule has 1 N–H and O–H groups in total. The van der Waals surface area contributed by atoms with Gasteiger partial charge in [-0.15, -0.1) is 0 Å². The van der Waals surface area contributed by atoms with Crippen LogP contribution in [0.5, 0.6) is 0 Å². The predicted molar refractivity (Wildman–Crippen MR) is 69.2 cm³/mol. The smallest absolute Gasteiger partial charge is 0.0635 e. The van der Waals surface area contributed by atoms with Crippen molar-refractivity contribution in [2.24, 2.45) is 0 Å². The minimum Gasteiger partial charge on any atom is -0.316 e. The molecule has 0 aliphatic rings. The summed E-state index contributed by atoms with van der Waals surface area (Å²) in [4.78, 5) is 2.17. The molecule has 0 aromatic rings. The first-order valence-corrected chi connectivity index (χ1v) is 6.39. The van der Waals surface area contributed by atoms with E-state index in [0.29, 0.717) is 19.3 Å². The van der Waals surface area contributed by atoms with Crippen LogP contribution in [0, 0.1) is 34.0 Å². The van der Waals surface area contributed by atoms with Crippen molar-refractivity contribution in [2.75, 3.05) is 32.7 Å². The van der Waals surface area contributed by atoms with Crippen molar-refractivity contribution in [1.29, 1.82) is 15.8 Å². The Bertz CT molecular complexity index is 289. The average molecular weight is 247 g/mol. The number of nitrogens with one attached hydrogen (secondary N) is 1. The van der Waals surface area contributed by atoms with Gasteiger partial charge in [-0.2, -0.15) is 15.8 Å². The summed E-state index contributed by atoms with van der Waals surface area (Å²) in [5.41, 5.74) is 0. The molecule has 0 spiro atoms. The Labute approximate surface area is 110 Å². The highest BCUT2D eigenvalue weighted by atomic mass is 15.1. The molecule has 18 heavy (non-hydrogen) atoms. The standard InChI is InChI=1S/C13H21N5/c14-6-3-10-17-9-1-2-11-18(12-4-7-15)13-5-8-16/h17H,1-5,9-13H2. The first-order chi connectivity index (χ1) is 8.85. The third-order valence-electron chi connectivity index (χ3n) is 2.57. The lowest BCUT2D eigenvalue weighted by molar-refractivity contribution is 0.279. The minimum atomic E-state index is 0.520. The number of nitriles is 3. The van der Waals surface area contributed by atoms with Crippen LogP contribution in [-0.2, 0) is 0 Å². The van der Waals surface area contributed by atoms with E-state index in [0.717, 1.165) is 45.6 Å². The van der Waals surface area contributed by atoms with Crippen LogP contribution in [0.4, 0.5) is 0 Å². The normalized spacial score (nSPS) is 9.67. The van der Waals surface area contributed by atoms with E-state index >= 15 is 0 Å². The molecule has 0 aromatic carbocycles. The Kier molecular flexibility index (Phi) is 12.3. The van der Waals surface area contributed by atoms with E-state index in [1.807, 2.05) is 0 Å². The van der Waals surface area contributed by atoms with Crippen LogP contribution >= 0.6 is 0 Å². The Morgan fingerprint density at radius 2 is 1.33 bits per heavy atom. The lowest BCUT2D eigenvalue weighted by atomic mass is 10.2. The number of unbranched alkanes of at least 4 members (excludes halogenated alkanes) is 1. The number of rotatable bonds is 11. The van der Waals surface area contributed by atoms with E-state index in [9.17, 15) is 0 Å². The first-order valence-electron chi connectivity index (χ1n) is 6.39. The van der Waals surface area contributed by atoms with Crippen LogP contribution in [-0.4, -0.2) is 37.6 Å². The Hall–Kier alpha value is -1.61. The van der Waals surface area contributed by atoms with Crippen molar-refractivity contribution in [2.45, 2.75) is 32.1 Å². The molecule has 0 amide bonds. The van der Waals surface area contributed by atoms with Gasteiger partial charge in [0.15, 0.2) is 0 Å². The van der Waals surface area contributed by atoms with Gasteiger partial charge in [0.2, 0.25) is 0 Å². The Balaban J connectivity index is 3.54. The molecule has 0 saturated carbocycles. The second-order valence-electron chi connectivity index (χ2n) is 4.02. The zero-order valence-corrected chi connectivity index (χ0v) is 10.9. The molecule has 0 aliphatic carbocycles. The molecule has 0 saturated heterocycles. The molecule has 0 radical (unpaired) electrons. The summed E-state index contributed by atoms with van der Waals surface area (Å²) in [6.07, 6.45) is 3.70. The number of hydrogen-bond donors (Lipinski definition) is 1. The van der Waals surface area contributed by atoms with E-state index in [-0.39, 0.29) is 0 Å². The van der Waals surface area contributed by atoms with E-state index in [1.54, 1.807) is 0 Å². The van der Waals surface area contributed by atoms with Crippen LogP contribution in [0.3, 0.4) is 0 Å². The molecular weight excluding hydrogens is 226 g/mol. The zero-order valence-electron chi connectivity index (χ0n) is 10.9. The SMILES string of the molecule is N#CCCNCCCCN(CCC#N)CCC#N. The fraction of sp³-hybridized carbons (Fsp3) is 0.769. The van der Waals surface area contributed by atoms with E-state index in [4.69, 9.17) is 15.8 Å². The zero-order chi connectivity index (χ0) is 13.5. The van der Waals surface area contributed by atoms with Crippen LogP contribution in [0.25, 0.3) is 0 Å². The largest absolute Gasteiger partial charge is 0.316 e. The minimum absolute atomic E-state index is 0.520. The molecule has 0 unspecified atom stereocenters. The molecule has 0 fully saturated rings. The van der Waals surface area contributed by atoms with Crippen molar-refractivity contribution < 1.29 is 0 Å². The fourth-order valence-electron chi connectivity index (χ4n) is 1.61. The molecule has 0 bridgehead atoms. The van der Waals surface area contributed by atoms with Gasteiger partial charge in [-0.05, 0) is 25.9 Å². The number of nitrogens with zero attached hydrogens (tertiary/aromatic N) is 4. The van der Waals surface area contributed by atoms with Crippen molar-refractivity contribution in [3.8, 4) is 18.2 Å². The van der Waals surface area contributed by atoms with Gasteiger partial charge in [0.1, 0.15) is 0 Å². The van der Waals surface area contributed by atoms with E-state index in [1.165, 1.54) is 0 Å². The maximum atomic E-state index is 8.55. The van der Waals surface area contributed by atoms with Gasteiger partial charge in [0, 0.05) is 38.9 Å². The van der Waals surface area contributed by atoms with Gasteiger partial charge in [0.05, 0.1) is 18.2 Å². The van der Waals surface area contributed by atoms with Gasteiger partial charge in [-0.25, -0.2) is 0 Å². The Morgan fingerprint density at radius 3 is 1.89 bits per heavy atom. The summed E-state index contributed by atoms with van der Waals surface area (Å²) in [5, 5.41) is 28.7. The molecule has 5 nitrogen and oxygen atoms in total. The highest BCUT2D eigenvalue weighted by Crippen LogP contribution is 1.98. The molecule has 0 aliphatic heterocycles. The second-order valence-corrected chi connectivity index (χ2v) is 4.02. The van der Waals surface area contributed by atoms with Crippen molar-refractivity contribution in [1.82, 2.24) is 10.2 Å². The van der Waals surface area contributed by atoms with Crippen LogP contribution in [0.1, 0.15) is 32.1 Å². The van der Waals surface area contributed by atoms with E-state index < -0.39 is 0 Å². The van der Waals surface area contributed by atoms with Gasteiger partial charge in [-0.1, -0.05) is 0 Å². The monoisotopic (exact) mass is 247 g/mol. The van der Waals surface area contributed by atoms with Gasteiger partial charge in [0.25, 0.3) is 0 Å². The molecule has 0 rings (SSSR count). The second kappa shape index (κ2) is 13.5. The lowest BCUT2D eigenvalue weighted by Crippen LogP contribution is -2.27. The summed E-state index contributed by atoms with van der Waals surface area (Å²) in [6.45, 7) is 4.11. The fourth-order valence-corrected chi connectivity index (χ4v) is 1.61. The summed E-state index contributed by atoms with van der Waals surface area (Å²) >= 11 is 0. The Morgan fingerprint density at radius 1 is 0.722 bits per heavy atom. The summed E-state index contributed by atoms with van der Waals surface area (Å²) in [7, 11) is 0. The van der Waals surface area contributed by atoms with Gasteiger partial charge in [-0.3, -0.25) is 0 Å². The third-order valence-corrected chi connectivity index (χ3v) is 2.57. The average Bonchev–Trinajstić information content (AvgIpc) is 2.40. The van der Waals surface area contributed by atoms with Crippen LogP contribution in [0.15, 0.2) is 0 Å². The number of hydrogen-bond acceptors (Lipinski definition) is 5. The molecule has 0 heterocycles. The first kappa shape index (κ1) is 16.4. The summed E-state index contributed by atoms with van der Waals surface area (Å²) < 4.78 is 0. The van der Waals surface area contributed by atoms with Crippen molar-refractivity contribution in [3.63, 3.8) is 0 Å². The van der Waals surface area contributed by atoms with Gasteiger partial charge >= 0.3 is 0 Å². The van der Waals surface area contributed by atoms with Crippen molar-refractivity contribution >= 4 is 0 Å². The van der Waals surface area contributed by atoms with Gasteiger partial charge < -0.3 is 10.2 Å². The molecular formula is C13H21N5. The van der Waals surface area contributed by atoms with E-state index in [2.05, 4.69) is 28.4 Å². The maximum Gasteiger partial charge on any atom is 0.0635 e. The molecule has 0 aromatic heterocycles. The molecule has 0 atom stereocenters. The summed E-state index contributed by atoms with van der Waals surface area (Å²) in [5.74, 6) is 0. The predicted octanol–water partition coefficient (Wildman–Crippen LogP) is 1.40. The van der Waals surface area contributed by atoms with Crippen LogP contribution < -0.4 is 5.32 Å². The quantitative estimate of drug-likeness (QED) is 0.558. The highest BCUT2D eigenvalue weighted by Gasteiger charge is 2.03. The van der Waals surface area contributed by atoms with Crippen LogP contribution in [0.2, 0.25) is 0 Å². The molecule has 98 valence electrons. The topological polar surface area (TPSA) is 86.6 Å². The lowest BCUT2D eigenvalue weighted by Gasteiger charge is -2.19.